The van der Waals surface area contributed by atoms with Gasteiger partial charge in [0.05, 0.1) is 4.91 Å². The Labute approximate surface area is 168 Å². The molecule has 1 aromatic heterocycles. The van der Waals surface area contributed by atoms with E-state index in [9.17, 15) is 14.4 Å². The van der Waals surface area contributed by atoms with Gasteiger partial charge in [-0.05, 0) is 42.5 Å². The lowest BCUT2D eigenvalue weighted by Crippen LogP contribution is -2.28. The fourth-order valence-electron chi connectivity index (χ4n) is 2.76. The van der Waals surface area contributed by atoms with Crippen molar-refractivity contribution in [2.45, 2.75) is 13.0 Å². The SMILES string of the molecule is COCCCNC(=O)Cn1cc(/C=C2\SC(=O)NC2=O)c2cc(Br)ccc21. The van der Waals surface area contributed by atoms with Crippen molar-refractivity contribution in [3.8, 4) is 0 Å². The molecule has 142 valence electrons. The van der Waals surface area contributed by atoms with Crippen molar-refractivity contribution in [1.29, 1.82) is 0 Å². The molecule has 1 saturated heterocycles. The number of methoxy groups -OCH3 is 1. The highest BCUT2D eigenvalue weighted by Gasteiger charge is 2.25. The standard InChI is InChI=1S/C18H18BrN3O4S/c1-26-6-2-5-20-16(23)10-22-9-11(7-15-17(24)21-18(25)27-15)13-8-12(19)3-4-14(13)22/h3-4,7-9H,2,5-6,10H2,1H3,(H,20,23)(H,21,24,25)/b15-7-. The fourth-order valence-corrected chi connectivity index (χ4v) is 3.79. The number of fused-ring (bicyclic) bond motifs is 1. The molecule has 0 aliphatic carbocycles. The van der Waals surface area contributed by atoms with Crippen molar-refractivity contribution < 1.29 is 19.1 Å². The summed E-state index contributed by atoms with van der Waals surface area (Å²) in [5.74, 6) is -0.509. The number of hydrogen-bond donors (Lipinski definition) is 2. The number of rotatable bonds is 7. The van der Waals surface area contributed by atoms with Crippen molar-refractivity contribution in [2.24, 2.45) is 0 Å². The minimum atomic E-state index is -0.406. The molecule has 0 saturated carbocycles. The summed E-state index contributed by atoms with van der Waals surface area (Å²) in [5.41, 5.74) is 1.64. The van der Waals surface area contributed by atoms with Crippen LogP contribution in [0.15, 0.2) is 33.8 Å². The summed E-state index contributed by atoms with van der Waals surface area (Å²) >= 11 is 4.32. The van der Waals surface area contributed by atoms with Crippen molar-refractivity contribution >= 4 is 61.7 Å². The Kier molecular flexibility index (Phi) is 6.35. The number of nitrogens with one attached hydrogen (secondary N) is 2. The summed E-state index contributed by atoms with van der Waals surface area (Å²) in [6.07, 6.45) is 4.24. The molecule has 2 heterocycles. The maximum atomic E-state index is 12.2. The van der Waals surface area contributed by atoms with E-state index >= 15 is 0 Å². The third-order valence-electron chi connectivity index (χ3n) is 3.96. The molecule has 7 nitrogen and oxygen atoms in total. The Bertz CT molecular complexity index is 938. The molecule has 2 aromatic rings. The van der Waals surface area contributed by atoms with Crippen LogP contribution in [0.25, 0.3) is 17.0 Å². The quantitative estimate of drug-likeness (QED) is 0.498. The van der Waals surface area contributed by atoms with Crippen LogP contribution in [0.3, 0.4) is 0 Å². The van der Waals surface area contributed by atoms with Gasteiger partial charge in [-0.3, -0.25) is 19.7 Å². The van der Waals surface area contributed by atoms with Crippen LogP contribution in [-0.2, 0) is 20.9 Å². The van der Waals surface area contributed by atoms with Gasteiger partial charge < -0.3 is 14.6 Å². The molecule has 9 heteroatoms. The number of benzene rings is 1. The molecule has 1 fully saturated rings. The fraction of sp³-hybridized carbons (Fsp3) is 0.278. The van der Waals surface area contributed by atoms with Gasteiger partial charge in [-0.2, -0.15) is 0 Å². The van der Waals surface area contributed by atoms with Gasteiger partial charge in [0.25, 0.3) is 11.1 Å². The number of hydrogen-bond acceptors (Lipinski definition) is 5. The van der Waals surface area contributed by atoms with Crippen LogP contribution < -0.4 is 10.6 Å². The molecule has 1 aromatic carbocycles. The highest BCUT2D eigenvalue weighted by Crippen LogP contribution is 2.31. The largest absolute Gasteiger partial charge is 0.385 e. The lowest BCUT2D eigenvalue weighted by molar-refractivity contribution is -0.121. The number of halogens is 1. The molecule has 2 N–H and O–H groups in total. The van der Waals surface area contributed by atoms with Crippen LogP contribution >= 0.6 is 27.7 Å². The maximum Gasteiger partial charge on any atom is 0.290 e. The second kappa shape index (κ2) is 8.73. The molecule has 27 heavy (non-hydrogen) atoms. The van der Waals surface area contributed by atoms with Crippen LogP contribution in [0.1, 0.15) is 12.0 Å². The van der Waals surface area contributed by atoms with Crippen LogP contribution in [0.5, 0.6) is 0 Å². The second-order valence-electron chi connectivity index (χ2n) is 5.92. The van der Waals surface area contributed by atoms with E-state index in [-0.39, 0.29) is 17.7 Å². The van der Waals surface area contributed by atoms with Gasteiger partial charge in [-0.15, -0.1) is 0 Å². The number of carbonyl (C=O) groups is 3. The molecular weight excluding hydrogens is 434 g/mol. The number of thioether (sulfide) groups is 1. The average molecular weight is 452 g/mol. The van der Waals surface area contributed by atoms with Crippen LogP contribution in [0.4, 0.5) is 4.79 Å². The van der Waals surface area contributed by atoms with E-state index in [4.69, 9.17) is 4.74 Å². The van der Waals surface area contributed by atoms with E-state index in [1.165, 1.54) is 0 Å². The first-order chi connectivity index (χ1) is 13.0. The number of ether oxygens (including phenoxy) is 1. The molecule has 0 bridgehead atoms. The highest BCUT2D eigenvalue weighted by atomic mass is 79.9. The van der Waals surface area contributed by atoms with Gasteiger partial charge in [0, 0.05) is 47.4 Å². The van der Waals surface area contributed by atoms with E-state index < -0.39 is 5.91 Å². The van der Waals surface area contributed by atoms with Gasteiger partial charge in [0.15, 0.2) is 0 Å². The summed E-state index contributed by atoms with van der Waals surface area (Å²) in [7, 11) is 1.62. The Morgan fingerprint density at radius 3 is 2.93 bits per heavy atom. The molecule has 3 rings (SSSR count). The summed E-state index contributed by atoms with van der Waals surface area (Å²) in [4.78, 5) is 35.8. The van der Waals surface area contributed by atoms with Crippen LogP contribution in [-0.4, -0.2) is 41.9 Å². The minimum Gasteiger partial charge on any atom is -0.385 e. The zero-order valence-corrected chi connectivity index (χ0v) is 17.0. The summed E-state index contributed by atoms with van der Waals surface area (Å²) in [6.45, 7) is 1.30. The topological polar surface area (TPSA) is 89.4 Å². The van der Waals surface area contributed by atoms with Crippen LogP contribution in [0.2, 0.25) is 0 Å². The van der Waals surface area contributed by atoms with Gasteiger partial charge in [0.2, 0.25) is 5.91 Å². The lowest BCUT2D eigenvalue weighted by atomic mass is 10.1. The average Bonchev–Trinajstić information content (AvgIpc) is 3.11. The molecule has 0 unspecified atom stereocenters. The van der Waals surface area contributed by atoms with Crippen molar-refractivity contribution in [2.75, 3.05) is 20.3 Å². The normalized spacial score (nSPS) is 15.6. The zero-order valence-electron chi connectivity index (χ0n) is 14.6. The highest BCUT2D eigenvalue weighted by molar-refractivity contribution is 9.10. The molecule has 0 spiro atoms. The predicted octanol–water partition coefficient (Wildman–Crippen LogP) is 2.88. The van der Waals surface area contributed by atoms with E-state index in [0.717, 1.165) is 39.1 Å². The molecular formula is C18H18BrN3O4S. The first-order valence-corrected chi connectivity index (χ1v) is 9.88. The number of nitrogens with zero attached hydrogens (tertiary/aromatic N) is 1. The monoisotopic (exact) mass is 451 g/mol. The zero-order chi connectivity index (χ0) is 19.4. The lowest BCUT2D eigenvalue weighted by Gasteiger charge is -2.07. The first kappa shape index (κ1) is 19.7. The summed E-state index contributed by atoms with van der Waals surface area (Å²) in [5, 5.41) is 5.61. The Morgan fingerprint density at radius 1 is 1.41 bits per heavy atom. The summed E-state index contributed by atoms with van der Waals surface area (Å²) < 4.78 is 7.69. The van der Waals surface area contributed by atoms with Gasteiger partial charge in [0.1, 0.15) is 6.54 Å². The third-order valence-corrected chi connectivity index (χ3v) is 5.27. The first-order valence-electron chi connectivity index (χ1n) is 8.27. The molecule has 1 aliphatic heterocycles. The van der Waals surface area contributed by atoms with Crippen molar-refractivity contribution in [1.82, 2.24) is 15.2 Å². The number of carbonyl (C=O) groups excluding carboxylic acids is 3. The second-order valence-corrected chi connectivity index (χ2v) is 7.85. The van der Waals surface area contributed by atoms with E-state index in [1.54, 1.807) is 13.2 Å². The van der Waals surface area contributed by atoms with Gasteiger partial charge in [-0.25, -0.2) is 0 Å². The molecule has 0 atom stereocenters. The molecule has 1 aliphatic rings. The number of amides is 3. The Morgan fingerprint density at radius 2 is 2.22 bits per heavy atom. The predicted molar refractivity (Wildman–Crippen MR) is 108 cm³/mol. The van der Waals surface area contributed by atoms with E-state index in [0.29, 0.717) is 18.1 Å². The molecule has 0 radical (unpaired) electrons. The minimum absolute atomic E-state index is 0.103. The van der Waals surface area contributed by atoms with E-state index in [2.05, 4.69) is 26.6 Å². The summed E-state index contributed by atoms with van der Waals surface area (Å²) in [6, 6.07) is 5.73. The Hall–Kier alpha value is -2.10. The van der Waals surface area contributed by atoms with Crippen LogP contribution in [0, 0.1) is 0 Å². The van der Waals surface area contributed by atoms with Gasteiger partial charge >= 0.3 is 0 Å². The third kappa shape index (κ3) is 4.79. The number of aromatic nitrogens is 1. The Balaban J connectivity index is 1.86. The van der Waals surface area contributed by atoms with E-state index in [1.807, 2.05) is 29.0 Å². The molecule has 3 amide bonds. The number of imide groups is 1. The maximum absolute atomic E-state index is 12.2. The smallest absolute Gasteiger partial charge is 0.290 e. The van der Waals surface area contributed by atoms with Gasteiger partial charge in [-0.1, -0.05) is 15.9 Å². The van der Waals surface area contributed by atoms with Crippen molar-refractivity contribution in [3.05, 3.63) is 39.3 Å². The van der Waals surface area contributed by atoms with Crippen molar-refractivity contribution in [3.63, 3.8) is 0 Å².